The summed E-state index contributed by atoms with van der Waals surface area (Å²) in [5, 5.41) is 10.9. The van der Waals surface area contributed by atoms with Crippen molar-refractivity contribution in [1.82, 2.24) is 25.2 Å². The Labute approximate surface area is 166 Å². The van der Waals surface area contributed by atoms with Gasteiger partial charge in [-0.1, -0.05) is 29.8 Å². The number of benzene rings is 1. The number of likely N-dealkylation sites (tertiary alicyclic amines) is 1. The second kappa shape index (κ2) is 9.28. The van der Waals surface area contributed by atoms with Crippen molar-refractivity contribution in [2.75, 3.05) is 13.1 Å². The van der Waals surface area contributed by atoms with E-state index >= 15 is 0 Å². The third-order valence-corrected chi connectivity index (χ3v) is 5.75. The third kappa shape index (κ3) is 4.76. The molecule has 1 fully saturated rings. The zero-order chi connectivity index (χ0) is 20.1. The van der Waals surface area contributed by atoms with E-state index in [1.165, 1.54) is 30.0 Å². The van der Waals surface area contributed by atoms with Gasteiger partial charge in [0.05, 0.1) is 12.2 Å². The van der Waals surface area contributed by atoms with Gasteiger partial charge in [-0.15, -0.1) is 5.10 Å². The minimum absolute atomic E-state index is 0.244. The molecule has 2 aromatic rings. The molecule has 152 valence electrons. The van der Waals surface area contributed by atoms with Crippen LogP contribution < -0.4 is 5.32 Å². The number of carbonyl (C=O) groups excluding carboxylic acids is 1. The molecule has 2 heterocycles. The average molecular weight is 388 g/mol. The SMILES string of the molecule is C[C@@H]1CCC[C@@H](C)N1CCCNC(=O)c1cn([C@@H](C)c2ccccc2F)nn1. The summed E-state index contributed by atoms with van der Waals surface area (Å²) in [6, 6.07) is 7.45. The molecule has 0 radical (unpaired) electrons. The van der Waals surface area contributed by atoms with Crippen molar-refractivity contribution in [3.63, 3.8) is 0 Å². The molecule has 6 nitrogen and oxygen atoms in total. The first-order valence-electron chi connectivity index (χ1n) is 10.2. The fourth-order valence-electron chi connectivity index (χ4n) is 4.00. The Kier molecular flexibility index (Phi) is 6.78. The van der Waals surface area contributed by atoms with E-state index in [-0.39, 0.29) is 23.5 Å². The topological polar surface area (TPSA) is 63.1 Å². The van der Waals surface area contributed by atoms with Gasteiger partial charge in [-0.3, -0.25) is 9.69 Å². The molecule has 1 N–H and O–H groups in total. The number of amides is 1. The zero-order valence-electron chi connectivity index (χ0n) is 16.9. The molecule has 28 heavy (non-hydrogen) atoms. The lowest BCUT2D eigenvalue weighted by Gasteiger charge is -2.39. The summed E-state index contributed by atoms with van der Waals surface area (Å²) in [7, 11) is 0. The van der Waals surface area contributed by atoms with Crippen LogP contribution in [0.1, 0.15) is 68.5 Å². The number of hydrogen-bond donors (Lipinski definition) is 1. The minimum atomic E-state index is -0.336. The molecule has 1 amide bonds. The highest BCUT2D eigenvalue weighted by Crippen LogP contribution is 2.22. The summed E-state index contributed by atoms with van der Waals surface area (Å²) in [5.74, 6) is -0.538. The fourth-order valence-corrected chi connectivity index (χ4v) is 4.00. The van der Waals surface area contributed by atoms with Crippen LogP contribution in [-0.4, -0.2) is 51.0 Å². The number of carbonyl (C=O) groups is 1. The Morgan fingerprint density at radius 2 is 2.00 bits per heavy atom. The van der Waals surface area contributed by atoms with Gasteiger partial charge in [-0.25, -0.2) is 9.07 Å². The van der Waals surface area contributed by atoms with Crippen LogP contribution in [0, 0.1) is 5.82 Å². The van der Waals surface area contributed by atoms with Crippen LogP contribution in [0.25, 0.3) is 0 Å². The van der Waals surface area contributed by atoms with Crippen molar-refractivity contribution < 1.29 is 9.18 Å². The molecule has 0 spiro atoms. The van der Waals surface area contributed by atoms with E-state index in [2.05, 4.69) is 34.4 Å². The van der Waals surface area contributed by atoms with Crippen LogP contribution in [0.2, 0.25) is 0 Å². The van der Waals surface area contributed by atoms with E-state index in [0.717, 1.165) is 13.0 Å². The highest BCUT2D eigenvalue weighted by atomic mass is 19.1. The number of hydrogen-bond acceptors (Lipinski definition) is 4. The molecule has 0 bridgehead atoms. The Morgan fingerprint density at radius 1 is 1.29 bits per heavy atom. The highest BCUT2D eigenvalue weighted by molar-refractivity contribution is 5.91. The molecule has 1 aromatic carbocycles. The van der Waals surface area contributed by atoms with E-state index in [0.29, 0.717) is 24.2 Å². The van der Waals surface area contributed by atoms with Gasteiger partial charge < -0.3 is 5.32 Å². The number of nitrogens with zero attached hydrogens (tertiary/aromatic N) is 4. The highest BCUT2D eigenvalue weighted by Gasteiger charge is 2.24. The van der Waals surface area contributed by atoms with Gasteiger partial charge >= 0.3 is 0 Å². The predicted octanol–water partition coefficient (Wildman–Crippen LogP) is 3.41. The number of rotatable bonds is 7. The first kappa shape index (κ1) is 20.5. The van der Waals surface area contributed by atoms with Crippen molar-refractivity contribution in [3.05, 3.63) is 47.5 Å². The normalized spacial score (nSPS) is 21.4. The van der Waals surface area contributed by atoms with E-state index < -0.39 is 0 Å². The first-order valence-corrected chi connectivity index (χ1v) is 10.2. The van der Waals surface area contributed by atoms with Gasteiger partial charge in [0.1, 0.15) is 5.82 Å². The molecule has 3 rings (SSSR count). The summed E-state index contributed by atoms with van der Waals surface area (Å²) < 4.78 is 15.5. The van der Waals surface area contributed by atoms with E-state index in [9.17, 15) is 9.18 Å². The zero-order valence-corrected chi connectivity index (χ0v) is 16.9. The average Bonchev–Trinajstić information content (AvgIpc) is 3.17. The Morgan fingerprint density at radius 3 is 2.71 bits per heavy atom. The van der Waals surface area contributed by atoms with Crippen LogP contribution in [-0.2, 0) is 0 Å². The molecule has 0 saturated carbocycles. The third-order valence-electron chi connectivity index (χ3n) is 5.75. The maximum atomic E-state index is 14.0. The Bertz CT molecular complexity index is 783. The van der Waals surface area contributed by atoms with Gasteiger partial charge in [0, 0.05) is 30.7 Å². The molecule has 7 heteroatoms. The van der Waals surface area contributed by atoms with E-state index in [1.54, 1.807) is 24.4 Å². The van der Waals surface area contributed by atoms with Crippen molar-refractivity contribution >= 4 is 5.91 Å². The number of aromatic nitrogens is 3. The molecular weight excluding hydrogens is 357 g/mol. The summed E-state index contributed by atoms with van der Waals surface area (Å²) in [4.78, 5) is 14.9. The lowest BCUT2D eigenvalue weighted by Crippen LogP contribution is -2.44. The molecule has 1 saturated heterocycles. The van der Waals surface area contributed by atoms with Crippen LogP contribution in [0.4, 0.5) is 4.39 Å². The summed E-state index contributed by atoms with van der Waals surface area (Å²) in [5.41, 5.74) is 0.770. The van der Waals surface area contributed by atoms with Crippen LogP contribution >= 0.6 is 0 Å². The lowest BCUT2D eigenvalue weighted by atomic mass is 9.97. The van der Waals surface area contributed by atoms with Gasteiger partial charge in [-0.2, -0.15) is 0 Å². The van der Waals surface area contributed by atoms with Crippen LogP contribution in [0.15, 0.2) is 30.5 Å². The quantitative estimate of drug-likeness (QED) is 0.740. The Balaban J connectivity index is 1.50. The van der Waals surface area contributed by atoms with E-state index in [4.69, 9.17) is 0 Å². The predicted molar refractivity (Wildman–Crippen MR) is 107 cm³/mol. The second-order valence-electron chi connectivity index (χ2n) is 7.76. The molecule has 3 atom stereocenters. The van der Waals surface area contributed by atoms with Gasteiger partial charge in [0.2, 0.25) is 0 Å². The smallest absolute Gasteiger partial charge is 0.273 e. The van der Waals surface area contributed by atoms with Crippen molar-refractivity contribution in [2.24, 2.45) is 0 Å². The lowest BCUT2D eigenvalue weighted by molar-refractivity contribution is 0.0921. The maximum absolute atomic E-state index is 14.0. The van der Waals surface area contributed by atoms with Crippen molar-refractivity contribution in [1.29, 1.82) is 0 Å². The maximum Gasteiger partial charge on any atom is 0.273 e. The number of halogens is 1. The fraction of sp³-hybridized carbons (Fsp3) is 0.571. The molecule has 0 unspecified atom stereocenters. The van der Waals surface area contributed by atoms with Gasteiger partial charge in [0.25, 0.3) is 5.91 Å². The first-order chi connectivity index (χ1) is 13.5. The minimum Gasteiger partial charge on any atom is -0.351 e. The molecule has 0 aliphatic carbocycles. The summed E-state index contributed by atoms with van der Waals surface area (Å²) >= 11 is 0. The number of nitrogens with one attached hydrogen (secondary N) is 1. The largest absolute Gasteiger partial charge is 0.351 e. The summed E-state index contributed by atoms with van der Waals surface area (Å²) in [6.07, 6.45) is 6.28. The van der Waals surface area contributed by atoms with Crippen molar-refractivity contribution in [3.8, 4) is 0 Å². The number of piperidine rings is 1. The van der Waals surface area contributed by atoms with Gasteiger partial charge in [-0.05, 0) is 46.1 Å². The Hall–Kier alpha value is -2.28. The molecule has 1 aromatic heterocycles. The van der Waals surface area contributed by atoms with Crippen LogP contribution in [0.5, 0.6) is 0 Å². The standard InChI is InChI=1S/C21H30FN5O/c1-15-8-6-9-16(2)26(15)13-7-12-23-21(28)20-14-27(25-24-20)17(3)18-10-4-5-11-19(18)22/h4-5,10-11,14-17H,6-9,12-13H2,1-3H3,(H,23,28)/t15-,16-,17+/m1/s1. The molecule has 1 aliphatic heterocycles. The van der Waals surface area contributed by atoms with Crippen molar-refractivity contribution in [2.45, 2.75) is 64.6 Å². The van der Waals surface area contributed by atoms with Crippen LogP contribution in [0.3, 0.4) is 0 Å². The summed E-state index contributed by atoms with van der Waals surface area (Å²) in [6.45, 7) is 7.98. The monoisotopic (exact) mass is 387 g/mol. The molecule has 1 aliphatic rings. The molecular formula is C21H30FN5O. The van der Waals surface area contributed by atoms with E-state index in [1.807, 2.05) is 6.92 Å². The second-order valence-corrected chi connectivity index (χ2v) is 7.76. The van der Waals surface area contributed by atoms with Gasteiger partial charge in [0.15, 0.2) is 5.69 Å².